The van der Waals surface area contributed by atoms with Crippen molar-refractivity contribution in [2.75, 3.05) is 18.2 Å². The molecule has 4 rings (SSSR count). The number of sulfone groups is 1. The predicted octanol–water partition coefficient (Wildman–Crippen LogP) is 7.21. The lowest BCUT2D eigenvalue weighted by Gasteiger charge is -2.08. The van der Waals surface area contributed by atoms with Gasteiger partial charge in [-0.05, 0) is 68.3 Å². The van der Waals surface area contributed by atoms with Crippen molar-refractivity contribution in [2.24, 2.45) is 0 Å². The van der Waals surface area contributed by atoms with Crippen LogP contribution in [0, 0.1) is 6.92 Å². The highest BCUT2D eigenvalue weighted by Crippen LogP contribution is 2.29. The smallest absolute Gasteiger partial charge is 0.337 e. The molecule has 2 heterocycles. The topological polar surface area (TPSA) is 145 Å². The van der Waals surface area contributed by atoms with E-state index >= 15 is 0 Å². The molecule has 0 saturated carbocycles. The number of rotatable bonds is 19. The fraction of sp³-hybridized carbons (Fsp3) is 0.471. The summed E-state index contributed by atoms with van der Waals surface area (Å²) >= 11 is 0. The van der Waals surface area contributed by atoms with E-state index in [0.717, 1.165) is 25.0 Å². The maximum absolute atomic E-state index is 13.0. The van der Waals surface area contributed by atoms with Crippen LogP contribution < -0.4 is 10.1 Å². The number of aromatic amines is 1. The van der Waals surface area contributed by atoms with Crippen molar-refractivity contribution in [1.82, 2.24) is 19.8 Å². The van der Waals surface area contributed by atoms with Crippen LogP contribution in [0.4, 0.5) is 5.69 Å². The van der Waals surface area contributed by atoms with Gasteiger partial charge in [-0.2, -0.15) is 0 Å². The second-order valence-electron chi connectivity index (χ2n) is 11.5. The van der Waals surface area contributed by atoms with E-state index in [1.807, 2.05) is 6.92 Å². The molecule has 0 aliphatic heterocycles. The Kier molecular flexibility index (Phi) is 12.8. The molecule has 0 radical (unpaired) electrons. The molecule has 12 heteroatoms. The molecular weight excluding hydrogens is 606 g/mol. The molecule has 0 spiro atoms. The summed E-state index contributed by atoms with van der Waals surface area (Å²) in [6, 6.07) is 12.9. The van der Waals surface area contributed by atoms with Crippen LogP contribution in [0.25, 0.3) is 5.65 Å². The van der Waals surface area contributed by atoms with Crippen LogP contribution in [0.3, 0.4) is 0 Å². The van der Waals surface area contributed by atoms with E-state index in [-0.39, 0.29) is 16.6 Å². The first kappa shape index (κ1) is 34.7. The third-order valence-electron chi connectivity index (χ3n) is 7.87. The Morgan fingerprint density at radius 2 is 1.52 bits per heavy atom. The zero-order valence-electron chi connectivity index (χ0n) is 27.0. The number of aromatic nitrogens is 4. The summed E-state index contributed by atoms with van der Waals surface area (Å²) < 4.78 is 38.5. The molecule has 0 fully saturated rings. The van der Waals surface area contributed by atoms with Crippen LogP contribution in [0.1, 0.15) is 99.4 Å². The van der Waals surface area contributed by atoms with Gasteiger partial charge in [0.2, 0.25) is 11.6 Å². The minimum atomic E-state index is -3.54. The van der Waals surface area contributed by atoms with Gasteiger partial charge in [0, 0.05) is 18.5 Å². The number of carbonyl (C=O) groups excluding carboxylic acids is 2. The number of nitrogens with zero attached hydrogens (tertiary/aromatic N) is 3. The summed E-state index contributed by atoms with van der Waals surface area (Å²) in [6.07, 6.45) is 11.9. The van der Waals surface area contributed by atoms with Crippen LogP contribution in [0.2, 0.25) is 0 Å². The van der Waals surface area contributed by atoms with Crippen molar-refractivity contribution in [1.29, 1.82) is 0 Å². The molecule has 0 atom stereocenters. The average Bonchev–Trinajstić information content (AvgIpc) is 3.58. The normalized spacial score (nSPS) is 11.5. The molecule has 0 bridgehead atoms. The lowest BCUT2D eigenvalue weighted by molar-refractivity contribution is -0.116. The van der Waals surface area contributed by atoms with Gasteiger partial charge in [0.15, 0.2) is 21.4 Å². The number of hydrogen-bond acceptors (Lipinski definition) is 8. The Hall–Kier alpha value is -4.19. The standard InChI is InChI=1S/C34H45N5O6S/c1-4-5-6-7-8-9-10-11-12-15-31(40)35-27-18-22-29(23-19-27)46(42,43)24-13-14-30-36-37-33-32(25(2)38-39(30)33)45-28-20-16-26(17-21-28)34(41)44-3/h16-23,38H,4-15,24H2,1-3H3,(H,35,40). The van der Waals surface area contributed by atoms with Gasteiger partial charge in [-0.15, -0.1) is 10.2 Å². The monoisotopic (exact) mass is 651 g/mol. The lowest BCUT2D eigenvalue weighted by atomic mass is 10.1. The molecule has 4 aromatic rings. The fourth-order valence-corrected chi connectivity index (χ4v) is 6.56. The van der Waals surface area contributed by atoms with Crippen LogP contribution in [-0.2, 0) is 25.8 Å². The molecule has 1 amide bonds. The summed E-state index contributed by atoms with van der Waals surface area (Å²) in [5.41, 5.74) is 2.19. The number of amides is 1. The highest BCUT2D eigenvalue weighted by molar-refractivity contribution is 7.91. The molecule has 0 aliphatic rings. The number of ether oxygens (including phenoxy) is 2. The van der Waals surface area contributed by atoms with E-state index in [1.165, 1.54) is 57.8 Å². The van der Waals surface area contributed by atoms with Gasteiger partial charge in [-0.1, -0.05) is 58.3 Å². The number of unbranched alkanes of at least 4 members (excludes halogenated alkanes) is 8. The highest BCUT2D eigenvalue weighted by Gasteiger charge is 2.19. The number of hydrogen-bond donors (Lipinski definition) is 2. The largest absolute Gasteiger partial charge is 0.465 e. The van der Waals surface area contributed by atoms with Gasteiger partial charge in [-0.3, -0.25) is 9.89 Å². The molecule has 2 aromatic heterocycles. The lowest BCUT2D eigenvalue weighted by Crippen LogP contribution is -2.12. The number of methoxy groups -OCH3 is 1. The number of aryl methyl sites for hydroxylation is 2. The summed E-state index contributed by atoms with van der Waals surface area (Å²) in [7, 11) is -2.21. The number of nitrogens with one attached hydrogen (secondary N) is 2. The Morgan fingerprint density at radius 1 is 0.870 bits per heavy atom. The Labute approximate surface area is 271 Å². The summed E-state index contributed by atoms with van der Waals surface area (Å²) in [5, 5.41) is 14.5. The number of benzene rings is 2. The Bertz CT molecular complexity index is 1680. The number of fused-ring (bicyclic) bond motifs is 1. The second kappa shape index (κ2) is 16.9. The first-order valence-electron chi connectivity index (χ1n) is 16.1. The molecule has 46 heavy (non-hydrogen) atoms. The van der Waals surface area contributed by atoms with Crippen molar-refractivity contribution >= 4 is 33.0 Å². The van der Waals surface area contributed by atoms with Crippen molar-refractivity contribution in [2.45, 2.75) is 95.8 Å². The number of carbonyl (C=O) groups is 2. The number of anilines is 1. The van der Waals surface area contributed by atoms with Gasteiger partial charge in [0.05, 0.1) is 29.0 Å². The zero-order chi connectivity index (χ0) is 32.9. The minimum Gasteiger partial charge on any atom is -0.465 e. The van der Waals surface area contributed by atoms with Crippen LogP contribution in [0.5, 0.6) is 11.5 Å². The molecule has 2 N–H and O–H groups in total. The fourth-order valence-electron chi connectivity index (χ4n) is 5.25. The molecule has 2 aromatic carbocycles. The van der Waals surface area contributed by atoms with Crippen LogP contribution in [-0.4, -0.2) is 53.0 Å². The molecule has 248 valence electrons. The molecule has 0 aliphatic carbocycles. The molecule has 0 unspecified atom stereocenters. The molecular formula is C34H45N5O6S. The van der Waals surface area contributed by atoms with Gasteiger partial charge < -0.3 is 14.8 Å². The first-order valence-corrected chi connectivity index (χ1v) is 17.8. The van der Waals surface area contributed by atoms with Crippen LogP contribution >= 0.6 is 0 Å². The Morgan fingerprint density at radius 3 is 2.17 bits per heavy atom. The third kappa shape index (κ3) is 9.65. The summed E-state index contributed by atoms with van der Waals surface area (Å²) in [5.74, 6) is 1.02. The van der Waals surface area contributed by atoms with E-state index in [1.54, 1.807) is 40.9 Å². The van der Waals surface area contributed by atoms with Gasteiger partial charge in [0.25, 0.3) is 0 Å². The summed E-state index contributed by atoms with van der Waals surface area (Å²) in [6.45, 7) is 4.06. The highest BCUT2D eigenvalue weighted by atomic mass is 32.2. The Balaban J connectivity index is 1.23. The predicted molar refractivity (Wildman–Crippen MR) is 177 cm³/mol. The number of esters is 1. The van der Waals surface area contributed by atoms with E-state index < -0.39 is 15.8 Å². The first-order chi connectivity index (χ1) is 22.2. The van der Waals surface area contributed by atoms with E-state index in [9.17, 15) is 18.0 Å². The number of H-pyrrole nitrogens is 1. The quantitative estimate of drug-likeness (QED) is 0.0799. The van der Waals surface area contributed by atoms with E-state index in [4.69, 9.17) is 9.47 Å². The van der Waals surface area contributed by atoms with E-state index in [2.05, 4.69) is 27.5 Å². The molecule has 0 saturated heterocycles. The SMILES string of the molecule is CCCCCCCCCCCC(=O)Nc1ccc(S(=O)(=O)CCCc2nnc3c(Oc4ccc(C(=O)OC)cc4)c(C)[nH]n23)cc1. The van der Waals surface area contributed by atoms with Crippen molar-refractivity contribution in [3.63, 3.8) is 0 Å². The van der Waals surface area contributed by atoms with Gasteiger partial charge in [0.1, 0.15) is 5.75 Å². The minimum absolute atomic E-state index is 0.0530. The van der Waals surface area contributed by atoms with Crippen molar-refractivity contribution in [3.8, 4) is 11.5 Å². The van der Waals surface area contributed by atoms with Crippen molar-refractivity contribution in [3.05, 3.63) is 65.6 Å². The third-order valence-corrected chi connectivity index (χ3v) is 9.68. The summed E-state index contributed by atoms with van der Waals surface area (Å²) in [4.78, 5) is 24.2. The average molecular weight is 652 g/mol. The van der Waals surface area contributed by atoms with Crippen LogP contribution in [0.15, 0.2) is 53.4 Å². The van der Waals surface area contributed by atoms with Crippen molar-refractivity contribution < 1.29 is 27.5 Å². The van der Waals surface area contributed by atoms with Gasteiger partial charge in [-0.25, -0.2) is 17.7 Å². The second-order valence-corrected chi connectivity index (χ2v) is 13.6. The van der Waals surface area contributed by atoms with E-state index in [0.29, 0.717) is 53.5 Å². The molecule has 11 nitrogen and oxygen atoms in total. The van der Waals surface area contributed by atoms with Gasteiger partial charge >= 0.3 is 5.97 Å². The maximum Gasteiger partial charge on any atom is 0.337 e. The maximum atomic E-state index is 13.0. The zero-order valence-corrected chi connectivity index (χ0v) is 27.8.